The predicted molar refractivity (Wildman–Crippen MR) is 69.6 cm³/mol. The summed E-state index contributed by atoms with van der Waals surface area (Å²) in [5.41, 5.74) is 1.27. The van der Waals surface area contributed by atoms with Crippen LogP contribution in [0.1, 0.15) is 17.5 Å². The highest BCUT2D eigenvalue weighted by Crippen LogP contribution is 2.38. The molecule has 1 heterocycles. The summed E-state index contributed by atoms with van der Waals surface area (Å²) in [6.07, 6.45) is 2.49. The summed E-state index contributed by atoms with van der Waals surface area (Å²) < 4.78 is 5.99. The van der Waals surface area contributed by atoms with Gasteiger partial charge in [0, 0.05) is 12.0 Å². The second-order valence-corrected chi connectivity index (χ2v) is 4.58. The molecule has 0 N–H and O–H groups in total. The summed E-state index contributed by atoms with van der Waals surface area (Å²) in [5, 5.41) is 0. The molecule has 0 spiro atoms. The molecule has 0 aliphatic carbocycles. The van der Waals surface area contributed by atoms with E-state index in [0.717, 1.165) is 24.0 Å². The molecule has 0 amide bonds. The van der Waals surface area contributed by atoms with Gasteiger partial charge in [0.05, 0.1) is 0 Å². The van der Waals surface area contributed by atoms with Gasteiger partial charge in [-0.25, -0.2) is 0 Å². The predicted octanol–water partition coefficient (Wildman–Crippen LogP) is 3.11. The van der Waals surface area contributed by atoms with Crippen LogP contribution < -0.4 is 4.74 Å². The first-order chi connectivity index (χ1) is 8.84. The molecule has 0 fully saturated rings. The van der Waals surface area contributed by atoms with E-state index in [4.69, 9.17) is 4.74 Å². The first kappa shape index (κ1) is 11.0. The van der Waals surface area contributed by atoms with Crippen molar-refractivity contribution < 1.29 is 9.53 Å². The van der Waals surface area contributed by atoms with Crippen molar-refractivity contribution in [2.45, 2.75) is 18.4 Å². The number of para-hydroxylation sites is 1. The summed E-state index contributed by atoms with van der Waals surface area (Å²) in [4.78, 5) is 11.6. The lowest BCUT2D eigenvalue weighted by atomic mass is 9.86. The number of ether oxygens (including phenoxy) is 1. The van der Waals surface area contributed by atoms with Crippen molar-refractivity contribution in [2.24, 2.45) is 0 Å². The van der Waals surface area contributed by atoms with Gasteiger partial charge >= 0.3 is 0 Å². The van der Waals surface area contributed by atoms with Gasteiger partial charge in [0.15, 0.2) is 11.9 Å². The number of hydrogen-bond donors (Lipinski definition) is 0. The Balaban J connectivity index is 2.04. The lowest BCUT2D eigenvalue weighted by Gasteiger charge is -2.34. The van der Waals surface area contributed by atoms with Crippen molar-refractivity contribution in [2.75, 3.05) is 0 Å². The van der Waals surface area contributed by atoms with E-state index in [-0.39, 0.29) is 0 Å². The maximum atomic E-state index is 11.6. The van der Waals surface area contributed by atoms with E-state index >= 15 is 0 Å². The molecule has 2 heteroatoms. The molecule has 1 aliphatic rings. The SMILES string of the molecule is O=CC1(c2ccccc2)CCc2ccccc2O1. The third-order valence-corrected chi connectivity index (χ3v) is 3.48. The Labute approximate surface area is 106 Å². The minimum atomic E-state index is -0.824. The highest BCUT2D eigenvalue weighted by atomic mass is 16.5. The Morgan fingerprint density at radius 2 is 1.72 bits per heavy atom. The van der Waals surface area contributed by atoms with Gasteiger partial charge in [-0.1, -0.05) is 48.5 Å². The average Bonchev–Trinajstić information content (AvgIpc) is 2.47. The van der Waals surface area contributed by atoms with Crippen LogP contribution in [0.25, 0.3) is 0 Å². The van der Waals surface area contributed by atoms with Gasteiger partial charge in [0.25, 0.3) is 0 Å². The maximum absolute atomic E-state index is 11.6. The van der Waals surface area contributed by atoms with Gasteiger partial charge in [0.1, 0.15) is 5.75 Å². The average molecular weight is 238 g/mol. The van der Waals surface area contributed by atoms with E-state index in [2.05, 4.69) is 6.07 Å². The lowest BCUT2D eigenvalue weighted by Crippen LogP contribution is -2.38. The number of carbonyl (C=O) groups is 1. The maximum Gasteiger partial charge on any atom is 0.189 e. The summed E-state index contributed by atoms with van der Waals surface area (Å²) in [6, 6.07) is 17.6. The number of benzene rings is 2. The van der Waals surface area contributed by atoms with Crippen LogP contribution >= 0.6 is 0 Å². The molecular weight excluding hydrogens is 224 g/mol. The Morgan fingerprint density at radius 3 is 2.50 bits per heavy atom. The topological polar surface area (TPSA) is 26.3 Å². The van der Waals surface area contributed by atoms with Crippen molar-refractivity contribution in [3.05, 3.63) is 65.7 Å². The first-order valence-electron chi connectivity index (χ1n) is 6.13. The van der Waals surface area contributed by atoms with Crippen molar-refractivity contribution in [1.29, 1.82) is 0 Å². The number of hydrogen-bond acceptors (Lipinski definition) is 2. The highest BCUT2D eigenvalue weighted by molar-refractivity contribution is 5.68. The zero-order chi connectivity index (χ0) is 12.4. The Morgan fingerprint density at radius 1 is 1.00 bits per heavy atom. The van der Waals surface area contributed by atoms with Crippen LogP contribution in [-0.4, -0.2) is 6.29 Å². The molecule has 1 aliphatic heterocycles. The fourth-order valence-electron chi connectivity index (χ4n) is 2.45. The molecule has 1 unspecified atom stereocenters. The standard InChI is InChI=1S/C16H14O2/c17-12-16(14-7-2-1-3-8-14)11-10-13-6-4-5-9-15(13)18-16/h1-9,12H,10-11H2. The van der Waals surface area contributed by atoms with Crippen LogP contribution in [-0.2, 0) is 16.8 Å². The van der Waals surface area contributed by atoms with Gasteiger partial charge in [-0.2, -0.15) is 0 Å². The van der Waals surface area contributed by atoms with Crippen LogP contribution in [0.5, 0.6) is 5.75 Å². The number of carbonyl (C=O) groups excluding carboxylic acids is 1. The zero-order valence-electron chi connectivity index (χ0n) is 10.0. The Hall–Kier alpha value is -2.09. The van der Waals surface area contributed by atoms with Crippen LogP contribution in [0.4, 0.5) is 0 Å². The molecule has 1 atom stereocenters. The first-order valence-corrected chi connectivity index (χ1v) is 6.13. The molecule has 18 heavy (non-hydrogen) atoms. The van der Waals surface area contributed by atoms with Crippen molar-refractivity contribution in [3.63, 3.8) is 0 Å². The molecule has 2 aromatic rings. The van der Waals surface area contributed by atoms with Crippen LogP contribution in [0.15, 0.2) is 54.6 Å². The smallest absolute Gasteiger partial charge is 0.189 e. The van der Waals surface area contributed by atoms with E-state index in [1.54, 1.807) is 0 Å². The molecule has 0 radical (unpaired) electrons. The Kier molecular flexibility index (Phi) is 2.63. The largest absolute Gasteiger partial charge is 0.475 e. The molecule has 2 nitrogen and oxygen atoms in total. The van der Waals surface area contributed by atoms with Gasteiger partial charge < -0.3 is 4.74 Å². The van der Waals surface area contributed by atoms with Crippen LogP contribution in [0.3, 0.4) is 0 Å². The molecule has 2 aromatic carbocycles. The van der Waals surface area contributed by atoms with E-state index in [1.807, 2.05) is 48.5 Å². The summed E-state index contributed by atoms with van der Waals surface area (Å²) in [5.74, 6) is 0.819. The van der Waals surface area contributed by atoms with Gasteiger partial charge in [-0.15, -0.1) is 0 Å². The molecule has 90 valence electrons. The number of aryl methyl sites for hydroxylation is 1. The monoisotopic (exact) mass is 238 g/mol. The zero-order valence-corrected chi connectivity index (χ0v) is 10.0. The number of fused-ring (bicyclic) bond motifs is 1. The summed E-state index contributed by atoms with van der Waals surface area (Å²) in [7, 11) is 0. The quantitative estimate of drug-likeness (QED) is 0.751. The van der Waals surface area contributed by atoms with Gasteiger partial charge in [0.2, 0.25) is 0 Å². The van der Waals surface area contributed by atoms with Gasteiger partial charge in [-0.3, -0.25) is 4.79 Å². The molecule has 3 rings (SSSR count). The van der Waals surface area contributed by atoms with E-state index in [1.165, 1.54) is 5.56 Å². The Bertz CT molecular complexity index is 562. The molecule has 0 saturated heterocycles. The lowest BCUT2D eigenvalue weighted by molar-refractivity contribution is -0.123. The van der Waals surface area contributed by atoms with Crippen LogP contribution in [0, 0.1) is 0 Å². The molecule has 0 saturated carbocycles. The van der Waals surface area contributed by atoms with Crippen molar-refractivity contribution in [1.82, 2.24) is 0 Å². The van der Waals surface area contributed by atoms with Crippen molar-refractivity contribution in [3.8, 4) is 5.75 Å². The fraction of sp³-hybridized carbons (Fsp3) is 0.188. The molecule has 0 bridgehead atoms. The number of aldehydes is 1. The minimum Gasteiger partial charge on any atom is -0.475 e. The minimum absolute atomic E-state index is 0.692. The fourth-order valence-corrected chi connectivity index (χ4v) is 2.45. The third-order valence-electron chi connectivity index (χ3n) is 3.48. The summed E-state index contributed by atoms with van der Waals surface area (Å²) >= 11 is 0. The van der Waals surface area contributed by atoms with Crippen molar-refractivity contribution >= 4 is 6.29 Å². The van der Waals surface area contributed by atoms with E-state index in [9.17, 15) is 4.79 Å². The molecule has 0 aromatic heterocycles. The second-order valence-electron chi connectivity index (χ2n) is 4.58. The highest BCUT2D eigenvalue weighted by Gasteiger charge is 2.37. The van der Waals surface area contributed by atoms with E-state index in [0.29, 0.717) is 6.42 Å². The molecular formula is C16H14O2. The van der Waals surface area contributed by atoms with E-state index < -0.39 is 5.60 Å². The van der Waals surface area contributed by atoms with Gasteiger partial charge in [-0.05, 0) is 18.1 Å². The normalized spacial score (nSPS) is 21.8. The van der Waals surface area contributed by atoms with Crippen LogP contribution in [0.2, 0.25) is 0 Å². The number of rotatable bonds is 2. The third kappa shape index (κ3) is 1.70. The summed E-state index contributed by atoms with van der Waals surface area (Å²) in [6.45, 7) is 0. The second kappa shape index (κ2) is 4.30.